The van der Waals surface area contributed by atoms with Gasteiger partial charge in [-0.2, -0.15) is 0 Å². The summed E-state index contributed by atoms with van der Waals surface area (Å²) in [4.78, 5) is 14.0. The van der Waals surface area contributed by atoms with E-state index in [1.807, 2.05) is 19.1 Å². The summed E-state index contributed by atoms with van der Waals surface area (Å²) in [5, 5.41) is 18.0. The molecule has 0 saturated carbocycles. The van der Waals surface area contributed by atoms with Crippen molar-refractivity contribution in [2.24, 2.45) is 0 Å². The van der Waals surface area contributed by atoms with Crippen LogP contribution in [0.5, 0.6) is 0 Å². The number of benzene rings is 1. The summed E-state index contributed by atoms with van der Waals surface area (Å²) in [7, 11) is 1.73. The molecule has 0 aliphatic carbocycles. The van der Waals surface area contributed by atoms with Crippen molar-refractivity contribution in [1.82, 2.24) is 4.90 Å². The molecule has 1 aromatic rings. The van der Waals surface area contributed by atoms with Gasteiger partial charge in [0, 0.05) is 31.1 Å². The second kappa shape index (κ2) is 8.46. The number of carbonyl (C=O) groups excluding carboxylic acids is 1. The molecule has 0 aliphatic heterocycles. The van der Waals surface area contributed by atoms with Gasteiger partial charge in [-0.1, -0.05) is 11.8 Å². The summed E-state index contributed by atoms with van der Waals surface area (Å²) >= 11 is 0. The first-order chi connectivity index (χ1) is 9.93. The normalized spacial score (nSPS) is 11.5. The monoisotopic (exact) mass is 289 g/mol. The fourth-order valence-electron chi connectivity index (χ4n) is 1.90. The van der Waals surface area contributed by atoms with Crippen LogP contribution in [0.4, 0.5) is 0 Å². The summed E-state index contributed by atoms with van der Waals surface area (Å²) in [6.07, 6.45) is 0.556. The Kier molecular flexibility index (Phi) is 6.93. The minimum absolute atomic E-state index is 0.0344. The Balaban J connectivity index is 2.87. The van der Waals surface area contributed by atoms with Crippen LogP contribution in [-0.2, 0) is 0 Å². The largest absolute Gasteiger partial charge is 0.395 e. The second-order valence-electron chi connectivity index (χ2n) is 5.23. The molecule has 0 bridgehead atoms. The van der Waals surface area contributed by atoms with Gasteiger partial charge in [0.2, 0.25) is 0 Å². The van der Waals surface area contributed by atoms with Crippen molar-refractivity contribution in [1.29, 1.82) is 0 Å². The Morgan fingerprint density at radius 3 is 2.71 bits per heavy atom. The van der Waals surface area contributed by atoms with E-state index in [1.54, 1.807) is 24.9 Å². The smallest absolute Gasteiger partial charge is 0.253 e. The molecular weight excluding hydrogens is 266 g/mol. The molecule has 1 unspecified atom stereocenters. The highest BCUT2D eigenvalue weighted by molar-refractivity contribution is 5.94. The van der Waals surface area contributed by atoms with Gasteiger partial charge >= 0.3 is 0 Å². The zero-order valence-electron chi connectivity index (χ0n) is 12.9. The number of aliphatic hydroxyl groups excluding tert-OH is 2. The van der Waals surface area contributed by atoms with E-state index >= 15 is 0 Å². The molecule has 1 amide bonds. The molecular formula is C17H23NO3. The Bertz CT molecular complexity index is 541. The molecule has 21 heavy (non-hydrogen) atoms. The van der Waals surface area contributed by atoms with Crippen LogP contribution in [-0.4, -0.2) is 47.3 Å². The Morgan fingerprint density at radius 1 is 1.38 bits per heavy atom. The fraction of sp³-hybridized carbons (Fsp3) is 0.471. The zero-order valence-corrected chi connectivity index (χ0v) is 12.9. The molecule has 1 rings (SSSR count). The number of rotatable bonds is 5. The highest BCUT2D eigenvalue weighted by atomic mass is 16.3. The van der Waals surface area contributed by atoms with Crippen LogP contribution in [0.25, 0.3) is 0 Å². The average molecular weight is 289 g/mol. The lowest BCUT2D eigenvalue weighted by Crippen LogP contribution is -2.29. The van der Waals surface area contributed by atoms with Gasteiger partial charge < -0.3 is 15.1 Å². The van der Waals surface area contributed by atoms with E-state index in [2.05, 4.69) is 11.8 Å². The molecule has 1 atom stereocenters. The molecule has 0 saturated heterocycles. The minimum atomic E-state index is -0.419. The summed E-state index contributed by atoms with van der Waals surface area (Å²) in [5.41, 5.74) is 2.34. The van der Waals surface area contributed by atoms with Gasteiger partial charge in [-0.25, -0.2) is 0 Å². The molecule has 0 aromatic heterocycles. The van der Waals surface area contributed by atoms with Crippen LogP contribution >= 0.6 is 0 Å². The number of aliphatic hydroxyl groups is 2. The molecule has 4 nitrogen and oxygen atoms in total. The van der Waals surface area contributed by atoms with Gasteiger partial charge in [0.1, 0.15) is 0 Å². The number of hydrogen-bond donors (Lipinski definition) is 2. The third-order valence-corrected chi connectivity index (χ3v) is 3.02. The highest BCUT2D eigenvalue weighted by Crippen LogP contribution is 2.11. The standard InChI is InChI=1S/C17H23NO3/c1-13-10-15(6-4-5-9-19)12-16(11-13)17(21)18(3)8-7-14(2)20/h10-12,14,19-20H,5,7-9H2,1-3H3. The lowest BCUT2D eigenvalue weighted by atomic mass is 10.1. The van der Waals surface area contributed by atoms with Crippen molar-refractivity contribution in [3.05, 3.63) is 34.9 Å². The van der Waals surface area contributed by atoms with Crippen LogP contribution < -0.4 is 0 Å². The van der Waals surface area contributed by atoms with Gasteiger partial charge in [0.15, 0.2) is 0 Å². The van der Waals surface area contributed by atoms with Gasteiger partial charge in [-0.15, -0.1) is 0 Å². The van der Waals surface area contributed by atoms with E-state index < -0.39 is 6.10 Å². The average Bonchev–Trinajstić information content (AvgIpc) is 2.43. The summed E-state index contributed by atoms with van der Waals surface area (Å²) in [6, 6.07) is 5.51. The molecule has 114 valence electrons. The lowest BCUT2D eigenvalue weighted by molar-refractivity contribution is 0.0769. The number of nitrogens with zero attached hydrogens (tertiary/aromatic N) is 1. The topological polar surface area (TPSA) is 60.8 Å². The lowest BCUT2D eigenvalue weighted by Gasteiger charge is -2.18. The van der Waals surface area contributed by atoms with Crippen molar-refractivity contribution in [3.8, 4) is 11.8 Å². The first-order valence-corrected chi connectivity index (χ1v) is 7.09. The van der Waals surface area contributed by atoms with Crippen LogP contribution in [0.15, 0.2) is 18.2 Å². The molecule has 4 heteroatoms. The number of amides is 1. The quantitative estimate of drug-likeness (QED) is 0.809. The van der Waals surface area contributed by atoms with Crippen molar-refractivity contribution in [3.63, 3.8) is 0 Å². The molecule has 1 aromatic carbocycles. The fourth-order valence-corrected chi connectivity index (χ4v) is 1.90. The SMILES string of the molecule is Cc1cc(C#CCCO)cc(C(=O)N(C)CCC(C)O)c1. The van der Waals surface area contributed by atoms with Crippen molar-refractivity contribution >= 4 is 5.91 Å². The van der Waals surface area contributed by atoms with E-state index in [0.29, 0.717) is 24.9 Å². The van der Waals surface area contributed by atoms with Crippen molar-refractivity contribution < 1.29 is 15.0 Å². The summed E-state index contributed by atoms with van der Waals surface area (Å²) in [5.74, 6) is 5.73. The molecule has 0 fully saturated rings. The Labute approximate surface area is 126 Å². The predicted octanol–water partition coefficient (Wildman–Crippen LogP) is 1.57. The Hall–Kier alpha value is -1.83. The third kappa shape index (κ3) is 5.99. The number of aryl methyl sites for hydroxylation is 1. The molecule has 0 spiro atoms. The molecule has 2 N–H and O–H groups in total. The van der Waals surface area contributed by atoms with E-state index in [0.717, 1.165) is 11.1 Å². The first kappa shape index (κ1) is 17.2. The van der Waals surface area contributed by atoms with Crippen molar-refractivity contribution in [2.75, 3.05) is 20.2 Å². The van der Waals surface area contributed by atoms with Crippen LogP contribution in [0.1, 0.15) is 41.3 Å². The van der Waals surface area contributed by atoms with E-state index in [-0.39, 0.29) is 12.5 Å². The first-order valence-electron chi connectivity index (χ1n) is 7.09. The van der Waals surface area contributed by atoms with Gasteiger partial charge in [-0.3, -0.25) is 4.79 Å². The maximum absolute atomic E-state index is 12.3. The third-order valence-electron chi connectivity index (χ3n) is 3.02. The van der Waals surface area contributed by atoms with Crippen LogP contribution in [0, 0.1) is 18.8 Å². The Morgan fingerprint density at radius 2 is 2.10 bits per heavy atom. The maximum Gasteiger partial charge on any atom is 0.253 e. The minimum Gasteiger partial charge on any atom is -0.395 e. The zero-order chi connectivity index (χ0) is 15.8. The van der Waals surface area contributed by atoms with E-state index in [4.69, 9.17) is 5.11 Å². The van der Waals surface area contributed by atoms with Crippen LogP contribution in [0.3, 0.4) is 0 Å². The van der Waals surface area contributed by atoms with E-state index in [9.17, 15) is 9.90 Å². The predicted molar refractivity (Wildman–Crippen MR) is 83.0 cm³/mol. The van der Waals surface area contributed by atoms with Gasteiger partial charge in [-0.05, 0) is 44.0 Å². The number of hydrogen-bond acceptors (Lipinski definition) is 3. The van der Waals surface area contributed by atoms with Gasteiger partial charge in [0.25, 0.3) is 5.91 Å². The van der Waals surface area contributed by atoms with Gasteiger partial charge in [0.05, 0.1) is 12.7 Å². The molecule has 0 radical (unpaired) electrons. The highest BCUT2D eigenvalue weighted by Gasteiger charge is 2.13. The van der Waals surface area contributed by atoms with E-state index in [1.165, 1.54) is 0 Å². The summed E-state index contributed by atoms with van der Waals surface area (Å²) < 4.78 is 0. The van der Waals surface area contributed by atoms with Crippen molar-refractivity contribution in [2.45, 2.75) is 32.8 Å². The molecule has 0 heterocycles. The maximum atomic E-state index is 12.3. The number of carbonyl (C=O) groups is 1. The molecule has 0 aliphatic rings. The van der Waals surface area contributed by atoms with Crippen LogP contribution in [0.2, 0.25) is 0 Å². The summed E-state index contributed by atoms with van der Waals surface area (Å²) in [6.45, 7) is 4.17. The second-order valence-corrected chi connectivity index (χ2v) is 5.23.